The van der Waals surface area contributed by atoms with Crippen molar-refractivity contribution in [1.82, 2.24) is 10.2 Å². The number of hydrogen-bond donors (Lipinski definition) is 1. The Bertz CT molecular complexity index is 867. The third-order valence-corrected chi connectivity index (χ3v) is 6.41. The first-order chi connectivity index (χ1) is 13.1. The highest BCUT2D eigenvalue weighted by Crippen LogP contribution is 2.33. The normalized spacial score (nSPS) is 18.2. The molecular weight excluding hydrogens is 362 g/mol. The summed E-state index contributed by atoms with van der Waals surface area (Å²) in [6.07, 6.45) is 0.802. The lowest BCUT2D eigenvalue weighted by Gasteiger charge is -2.14. The summed E-state index contributed by atoms with van der Waals surface area (Å²) in [6.45, 7) is 1.63. The molecule has 2 amide bonds. The SMILES string of the molecule is CN1C[S+]([O-])c2cc(CCNCCN3C(=O)c4ccccc4C3=O)ccc21. The number of fused-ring (bicyclic) bond motifs is 2. The monoisotopic (exact) mass is 383 g/mol. The van der Waals surface area contributed by atoms with Crippen molar-refractivity contribution in [3.63, 3.8) is 0 Å². The summed E-state index contributed by atoms with van der Waals surface area (Å²) in [4.78, 5) is 28.8. The molecule has 27 heavy (non-hydrogen) atoms. The maximum atomic E-state index is 12.3. The van der Waals surface area contributed by atoms with Gasteiger partial charge in [-0.1, -0.05) is 18.2 Å². The standard InChI is InChI=1S/C20H21N3O3S/c1-22-13-27(26)18-12-14(6-7-17(18)22)8-9-21-10-11-23-19(24)15-4-2-3-5-16(15)20(23)25/h2-7,12,21H,8-11,13H2,1H3. The van der Waals surface area contributed by atoms with Gasteiger partial charge in [0.15, 0.2) is 10.8 Å². The number of benzene rings is 2. The zero-order chi connectivity index (χ0) is 19.0. The van der Waals surface area contributed by atoms with E-state index in [0.29, 0.717) is 30.1 Å². The van der Waals surface area contributed by atoms with Gasteiger partial charge in [0.2, 0.25) is 0 Å². The lowest BCUT2D eigenvalue weighted by atomic mass is 10.1. The van der Waals surface area contributed by atoms with Crippen LogP contribution in [0.25, 0.3) is 0 Å². The van der Waals surface area contributed by atoms with E-state index in [0.717, 1.165) is 29.1 Å². The molecule has 0 saturated heterocycles. The molecule has 0 saturated carbocycles. The fraction of sp³-hybridized carbons (Fsp3) is 0.300. The third-order valence-electron chi connectivity index (χ3n) is 4.97. The Kier molecular flexibility index (Phi) is 4.90. The Morgan fingerprint density at radius 1 is 1.07 bits per heavy atom. The van der Waals surface area contributed by atoms with Gasteiger partial charge in [-0.3, -0.25) is 14.5 Å². The minimum Gasteiger partial charge on any atom is -0.610 e. The molecule has 4 rings (SSSR count). The summed E-state index contributed by atoms with van der Waals surface area (Å²) in [7, 11) is 1.95. The van der Waals surface area contributed by atoms with Crippen molar-refractivity contribution in [2.45, 2.75) is 11.3 Å². The van der Waals surface area contributed by atoms with Crippen LogP contribution in [0.5, 0.6) is 0 Å². The van der Waals surface area contributed by atoms with Crippen molar-refractivity contribution in [1.29, 1.82) is 0 Å². The Hall–Kier alpha value is -2.35. The predicted molar refractivity (Wildman–Crippen MR) is 105 cm³/mol. The van der Waals surface area contributed by atoms with E-state index in [-0.39, 0.29) is 11.8 Å². The fourth-order valence-electron chi connectivity index (χ4n) is 3.52. The zero-order valence-corrected chi connectivity index (χ0v) is 15.9. The van der Waals surface area contributed by atoms with Crippen LogP contribution in [0, 0.1) is 0 Å². The van der Waals surface area contributed by atoms with Gasteiger partial charge >= 0.3 is 0 Å². The molecule has 0 aliphatic carbocycles. The van der Waals surface area contributed by atoms with Crippen molar-refractivity contribution in [3.8, 4) is 0 Å². The highest BCUT2D eigenvalue weighted by molar-refractivity contribution is 7.92. The smallest absolute Gasteiger partial charge is 0.261 e. The van der Waals surface area contributed by atoms with Gasteiger partial charge in [0.05, 0.1) is 16.8 Å². The molecule has 6 nitrogen and oxygen atoms in total. The molecule has 2 aromatic rings. The van der Waals surface area contributed by atoms with E-state index in [1.54, 1.807) is 24.3 Å². The highest BCUT2D eigenvalue weighted by atomic mass is 32.2. The van der Waals surface area contributed by atoms with E-state index in [4.69, 9.17) is 0 Å². The maximum Gasteiger partial charge on any atom is 0.261 e. The molecule has 2 aliphatic heterocycles. The van der Waals surface area contributed by atoms with Crippen molar-refractivity contribution in [2.24, 2.45) is 0 Å². The molecule has 0 bridgehead atoms. The quantitative estimate of drug-likeness (QED) is 0.466. The van der Waals surface area contributed by atoms with Crippen LogP contribution in [0.1, 0.15) is 26.3 Å². The van der Waals surface area contributed by atoms with E-state index < -0.39 is 11.2 Å². The molecule has 0 spiro atoms. The maximum absolute atomic E-state index is 12.3. The second-order valence-corrected chi connectivity index (χ2v) is 8.17. The Morgan fingerprint density at radius 2 is 1.78 bits per heavy atom. The first kappa shape index (κ1) is 18.0. The summed E-state index contributed by atoms with van der Waals surface area (Å²) in [5.41, 5.74) is 3.14. The fourth-order valence-corrected chi connectivity index (χ4v) is 4.89. The van der Waals surface area contributed by atoms with E-state index >= 15 is 0 Å². The van der Waals surface area contributed by atoms with E-state index in [1.807, 2.05) is 24.1 Å². The zero-order valence-electron chi connectivity index (χ0n) is 15.1. The average Bonchev–Trinajstić information content (AvgIpc) is 3.09. The summed E-state index contributed by atoms with van der Waals surface area (Å²) >= 11 is -0.952. The van der Waals surface area contributed by atoms with Crippen LogP contribution in [0.4, 0.5) is 5.69 Å². The van der Waals surface area contributed by atoms with Gasteiger partial charge in [-0.15, -0.1) is 0 Å². The number of hydrogen-bond acceptors (Lipinski definition) is 5. The number of imide groups is 1. The largest absolute Gasteiger partial charge is 0.610 e. The average molecular weight is 383 g/mol. The summed E-state index contributed by atoms with van der Waals surface area (Å²) in [5.74, 6) is 0.113. The number of nitrogens with one attached hydrogen (secondary N) is 1. The lowest BCUT2D eigenvalue weighted by Crippen LogP contribution is -2.36. The van der Waals surface area contributed by atoms with Gasteiger partial charge < -0.3 is 14.8 Å². The van der Waals surface area contributed by atoms with Crippen LogP contribution in [0.3, 0.4) is 0 Å². The highest BCUT2D eigenvalue weighted by Gasteiger charge is 2.34. The van der Waals surface area contributed by atoms with E-state index in [1.165, 1.54) is 4.90 Å². The number of rotatable bonds is 6. The van der Waals surface area contributed by atoms with Crippen LogP contribution in [-0.4, -0.2) is 53.8 Å². The first-order valence-electron chi connectivity index (χ1n) is 8.94. The molecule has 1 unspecified atom stereocenters. The molecule has 0 radical (unpaired) electrons. The topological polar surface area (TPSA) is 75.7 Å². The van der Waals surface area contributed by atoms with Crippen molar-refractivity contribution < 1.29 is 14.1 Å². The molecule has 0 fully saturated rings. The van der Waals surface area contributed by atoms with Gasteiger partial charge in [-0.2, -0.15) is 0 Å². The first-order valence-corrected chi connectivity index (χ1v) is 10.3. The van der Waals surface area contributed by atoms with Gasteiger partial charge in [0, 0.05) is 31.3 Å². The molecule has 7 heteroatoms. The summed E-state index contributed by atoms with van der Waals surface area (Å²) < 4.78 is 12.1. The van der Waals surface area contributed by atoms with Crippen molar-refractivity contribution >= 4 is 28.7 Å². The molecule has 1 atom stereocenters. The second kappa shape index (κ2) is 7.34. The van der Waals surface area contributed by atoms with Gasteiger partial charge in [-0.05, 0) is 42.8 Å². The minimum absolute atomic E-state index is 0.220. The second-order valence-electron chi connectivity index (χ2n) is 6.78. The minimum atomic E-state index is -0.952. The molecular formula is C20H21N3O3S. The van der Waals surface area contributed by atoms with Crippen LogP contribution in [0.2, 0.25) is 0 Å². The molecule has 140 valence electrons. The van der Waals surface area contributed by atoms with Crippen molar-refractivity contribution in [3.05, 3.63) is 59.2 Å². The summed E-state index contributed by atoms with van der Waals surface area (Å²) in [6, 6.07) is 13.0. The molecule has 0 aromatic heterocycles. The van der Waals surface area contributed by atoms with Gasteiger partial charge in [0.25, 0.3) is 11.8 Å². The van der Waals surface area contributed by atoms with E-state index in [9.17, 15) is 14.1 Å². The van der Waals surface area contributed by atoms with E-state index in [2.05, 4.69) is 11.4 Å². The lowest BCUT2D eigenvalue weighted by molar-refractivity contribution is 0.0655. The number of amides is 2. The number of nitrogens with zero attached hydrogens (tertiary/aromatic N) is 2. The molecule has 2 aliphatic rings. The Labute approximate surface area is 161 Å². The van der Waals surface area contributed by atoms with Crippen LogP contribution in [0.15, 0.2) is 47.4 Å². The molecule has 2 heterocycles. The number of carbonyl (C=O) groups excluding carboxylic acids is 2. The molecule has 1 N–H and O–H groups in total. The summed E-state index contributed by atoms with van der Waals surface area (Å²) in [5, 5.41) is 3.28. The van der Waals surface area contributed by atoms with Gasteiger partial charge in [0.1, 0.15) is 0 Å². The predicted octanol–water partition coefficient (Wildman–Crippen LogP) is 1.63. The van der Waals surface area contributed by atoms with Crippen LogP contribution < -0.4 is 10.2 Å². The van der Waals surface area contributed by atoms with Crippen molar-refractivity contribution in [2.75, 3.05) is 37.5 Å². The van der Waals surface area contributed by atoms with Gasteiger partial charge in [-0.25, -0.2) is 0 Å². The number of anilines is 1. The molecule has 2 aromatic carbocycles. The van der Waals surface area contributed by atoms with Crippen LogP contribution >= 0.6 is 0 Å². The number of carbonyl (C=O) groups is 2. The third kappa shape index (κ3) is 3.34. The van der Waals surface area contributed by atoms with Crippen LogP contribution in [-0.2, 0) is 17.6 Å². The Morgan fingerprint density at radius 3 is 2.48 bits per heavy atom. The Balaban J connectivity index is 1.27.